The molecular formula is C25H28N2O3S2. The number of nitrogens with zero attached hydrogens (tertiary/aromatic N) is 1. The summed E-state index contributed by atoms with van der Waals surface area (Å²) in [5.41, 5.74) is 3.51. The molecule has 0 fully saturated rings. The summed E-state index contributed by atoms with van der Waals surface area (Å²) >= 11 is 1.65. The van der Waals surface area contributed by atoms with Crippen molar-refractivity contribution in [2.75, 3.05) is 23.1 Å². The van der Waals surface area contributed by atoms with E-state index in [9.17, 15) is 13.2 Å². The number of carbonyl (C=O) groups is 1. The SMILES string of the molecule is Cc1ccc(SCCNC(=O)CN(c2cccc(C)c2C)S(=O)(=O)c2ccccc2)cc1. The number of anilines is 1. The van der Waals surface area contributed by atoms with Gasteiger partial charge in [-0.3, -0.25) is 9.10 Å². The molecule has 0 atom stereocenters. The normalized spacial score (nSPS) is 11.2. The summed E-state index contributed by atoms with van der Waals surface area (Å²) in [4.78, 5) is 14.0. The fraction of sp³-hybridized carbons (Fsp3) is 0.240. The average molecular weight is 469 g/mol. The summed E-state index contributed by atoms with van der Waals surface area (Å²) in [6.07, 6.45) is 0. The Labute approximate surface area is 194 Å². The quantitative estimate of drug-likeness (QED) is 0.365. The molecular weight excluding hydrogens is 440 g/mol. The molecule has 3 aromatic rings. The van der Waals surface area contributed by atoms with Crippen molar-refractivity contribution in [3.05, 3.63) is 89.5 Å². The first kappa shape index (κ1) is 23.9. The van der Waals surface area contributed by atoms with E-state index in [1.54, 1.807) is 54.2 Å². The number of hydrogen-bond donors (Lipinski definition) is 1. The van der Waals surface area contributed by atoms with Gasteiger partial charge in [-0.2, -0.15) is 0 Å². The van der Waals surface area contributed by atoms with Crippen molar-refractivity contribution >= 4 is 33.4 Å². The van der Waals surface area contributed by atoms with Crippen LogP contribution >= 0.6 is 11.8 Å². The Bertz CT molecular complexity index is 1160. The summed E-state index contributed by atoms with van der Waals surface area (Å²) in [7, 11) is -3.90. The summed E-state index contributed by atoms with van der Waals surface area (Å²) in [5, 5.41) is 2.86. The lowest BCUT2D eigenvalue weighted by Crippen LogP contribution is -2.41. The van der Waals surface area contributed by atoms with E-state index in [1.807, 2.05) is 26.8 Å². The standard InChI is InChI=1S/C25H28N2O3S2/c1-19-12-14-22(15-13-19)31-17-16-26-25(28)18-27(24-11-7-8-20(2)21(24)3)32(29,30)23-9-5-4-6-10-23/h4-15H,16-18H2,1-3H3,(H,26,28). The zero-order chi connectivity index (χ0) is 23.1. The first-order valence-corrected chi connectivity index (χ1v) is 12.8. The zero-order valence-corrected chi connectivity index (χ0v) is 20.2. The minimum Gasteiger partial charge on any atom is -0.354 e. The lowest BCUT2D eigenvalue weighted by molar-refractivity contribution is -0.119. The van der Waals surface area contributed by atoms with Crippen molar-refractivity contribution in [3.8, 4) is 0 Å². The zero-order valence-electron chi connectivity index (χ0n) is 18.5. The van der Waals surface area contributed by atoms with Gasteiger partial charge in [0.05, 0.1) is 10.6 Å². The van der Waals surface area contributed by atoms with E-state index in [4.69, 9.17) is 0 Å². The van der Waals surface area contributed by atoms with Crippen molar-refractivity contribution in [1.82, 2.24) is 5.32 Å². The van der Waals surface area contributed by atoms with Crippen LogP contribution in [-0.4, -0.2) is 33.2 Å². The second-order valence-corrected chi connectivity index (χ2v) is 10.6. The molecule has 1 N–H and O–H groups in total. The van der Waals surface area contributed by atoms with Crippen LogP contribution in [0, 0.1) is 20.8 Å². The van der Waals surface area contributed by atoms with Gasteiger partial charge in [0.25, 0.3) is 10.0 Å². The highest BCUT2D eigenvalue weighted by Crippen LogP contribution is 2.28. The maximum atomic E-state index is 13.4. The van der Waals surface area contributed by atoms with E-state index in [-0.39, 0.29) is 17.3 Å². The van der Waals surface area contributed by atoms with Crippen molar-refractivity contribution < 1.29 is 13.2 Å². The molecule has 32 heavy (non-hydrogen) atoms. The number of thioether (sulfide) groups is 1. The third kappa shape index (κ3) is 5.93. The van der Waals surface area contributed by atoms with Gasteiger partial charge in [-0.1, -0.05) is 48.0 Å². The van der Waals surface area contributed by atoms with Crippen LogP contribution in [0.15, 0.2) is 82.6 Å². The third-order valence-electron chi connectivity index (χ3n) is 5.18. The summed E-state index contributed by atoms with van der Waals surface area (Å²) in [5.74, 6) is 0.360. The van der Waals surface area contributed by atoms with Crippen molar-refractivity contribution in [2.45, 2.75) is 30.6 Å². The molecule has 1 amide bonds. The Hall–Kier alpha value is -2.77. The molecule has 0 saturated carbocycles. The van der Waals surface area contributed by atoms with Crippen LogP contribution in [0.2, 0.25) is 0 Å². The van der Waals surface area contributed by atoms with Crippen LogP contribution in [0.3, 0.4) is 0 Å². The van der Waals surface area contributed by atoms with Crippen molar-refractivity contribution in [3.63, 3.8) is 0 Å². The van der Waals surface area contributed by atoms with Gasteiger partial charge in [0.2, 0.25) is 5.91 Å². The maximum absolute atomic E-state index is 13.4. The van der Waals surface area contributed by atoms with Crippen LogP contribution in [-0.2, 0) is 14.8 Å². The van der Waals surface area contributed by atoms with Crippen LogP contribution in [0.1, 0.15) is 16.7 Å². The molecule has 0 aliphatic carbocycles. The Kier molecular flexibility index (Phi) is 7.99. The van der Waals surface area contributed by atoms with E-state index in [0.717, 1.165) is 16.0 Å². The molecule has 0 aromatic heterocycles. The molecule has 7 heteroatoms. The summed E-state index contributed by atoms with van der Waals surface area (Å²) < 4.78 is 28.0. The highest BCUT2D eigenvalue weighted by atomic mass is 32.2. The molecule has 168 valence electrons. The van der Waals surface area contributed by atoms with E-state index >= 15 is 0 Å². The number of benzene rings is 3. The number of hydrogen-bond acceptors (Lipinski definition) is 4. The molecule has 0 saturated heterocycles. The van der Waals surface area contributed by atoms with Gasteiger partial charge >= 0.3 is 0 Å². The van der Waals surface area contributed by atoms with Crippen molar-refractivity contribution in [2.24, 2.45) is 0 Å². The highest BCUT2D eigenvalue weighted by Gasteiger charge is 2.28. The Morgan fingerprint density at radius 1 is 0.906 bits per heavy atom. The molecule has 0 radical (unpaired) electrons. The predicted molar refractivity (Wildman–Crippen MR) is 132 cm³/mol. The Morgan fingerprint density at radius 3 is 2.28 bits per heavy atom. The molecule has 0 aliphatic rings. The molecule has 3 aromatic carbocycles. The molecule has 3 rings (SSSR count). The van der Waals surface area contributed by atoms with E-state index in [2.05, 4.69) is 29.6 Å². The summed E-state index contributed by atoms with van der Waals surface area (Å²) in [6.45, 7) is 6.00. The first-order chi connectivity index (χ1) is 15.3. The molecule has 0 unspecified atom stereocenters. The number of amides is 1. The predicted octanol–water partition coefficient (Wildman–Crippen LogP) is 4.72. The molecule has 0 heterocycles. The molecule has 0 bridgehead atoms. The Balaban J connectivity index is 1.73. The average Bonchev–Trinajstić information content (AvgIpc) is 2.79. The van der Waals surface area contributed by atoms with Gasteiger partial charge in [-0.05, 0) is 62.2 Å². The molecule has 5 nitrogen and oxygen atoms in total. The molecule has 0 aliphatic heterocycles. The van der Waals surface area contributed by atoms with Gasteiger partial charge in [0.15, 0.2) is 0 Å². The minimum atomic E-state index is -3.90. The van der Waals surface area contributed by atoms with Crippen LogP contribution in [0.4, 0.5) is 5.69 Å². The van der Waals surface area contributed by atoms with E-state index in [0.29, 0.717) is 18.0 Å². The summed E-state index contributed by atoms with van der Waals surface area (Å²) in [6, 6.07) is 21.9. The number of sulfonamides is 1. The first-order valence-electron chi connectivity index (χ1n) is 10.4. The van der Waals surface area contributed by atoms with E-state index < -0.39 is 10.0 Å². The van der Waals surface area contributed by atoms with Gasteiger partial charge in [-0.15, -0.1) is 11.8 Å². The highest BCUT2D eigenvalue weighted by molar-refractivity contribution is 7.99. The van der Waals surface area contributed by atoms with Gasteiger partial charge in [-0.25, -0.2) is 8.42 Å². The van der Waals surface area contributed by atoms with Crippen LogP contribution in [0.25, 0.3) is 0 Å². The largest absolute Gasteiger partial charge is 0.354 e. The minimum absolute atomic E-state index is 0.156. The van der Waals surface area contributed by atoms with Gasteiger partial charge in [0.1, 0.15) is 6.54 Å². The third-order valence-corrected chi connectivity index (χ3v) is 7.96. The van der Waals surface area contributed by atoms with Gasteiger partial charge < -0.3 is 5.32 Å². The monoisotopic (exact) mass is 468 g/mol. The fourth-order valence-corrected chi connectivity index (χ4v) is 5.47. The number of carbonyl (C=O) groups excluding carboxylic acids is 1. The van der Waals surface area contributed by atoms with Gasteiger partial charge in [0, 0.05) is 17.2 Å². The Morgan fingerprint density at radius 2 is 1.59 bits per heavy atom. The smallest absolute Gasteiger partial charge is 0.264 e. The lowest BCUT2D eigenvalue weighted by Gasteiger charge is -2.26. The van der Waals surface area contributed by atoms with Crippen LogP contribution in [0.5, 0.6) is 0 Å². The lowest BCUT2D eigenvalue weighted by atomic mass is 10.1. The molecule has 0 spiro atoms. The van der Waals surface area contributed by atoms with E-state index in [1.165, 1.54) is 9.87 Å². The number of nitrogens with one attached hydrogen (secondary N) is 1. The maximum Gasteiger partial charge on any atom is 0.264 e. The topological polar surface area (TPSA) is 66.5 Å². The number of aryl methyl sites for hydroxylation is 2. The van der Waals surface area contributed by atoms with Crippen LogP contribution < -0.4 is 9.62 Å². The second kappa shape index (κ2) is 10.7. The second-order valence-electron chi connectivity index (χ2n) is 7.56. The number of rotatable bonds is 9. The fourth-order valence-electron chi connectivity index (χ4n) is 3.21. The van der Waals surface area contributed by atoms with Crippen molar-refractivity contribution in [1.29, 1.82) is 0 Å².